The Morgan fingerprint density at radius 2 is 2.13 bits per heavy atom. The van der Waals surface area contributed by atoms with Crippen molar-refractivity contribution in [2.45, 2.75) is 33.2 Å². The lowest BCUT2D eigenvalue weighted by Gasteiger charge is -2.22. The minimum atomic E-state index is -0.122. The molecule has 0 unspecified atom stereocenters. The van der Waals surface area contributed by atoms with Crippen molar-refractivity contribution in [2.75, 3.05) is 33.1 Å². The number of nitrogens with zero attached hydrogens (tertiary/aromatic N) is 2. The van der Waals surface area contributed by atoms with Crippen molar-refractivity contribution < 1.29 is 9.53 Å². The fourth-order valence-electron chi connectivity index (χ4n) is 2.22. The largest absolute Gasteiger partial charge is 0.495 e. The van der Waals surface area contributed by atoms with Gasteiger partial charge in [0, 0.05) is 34.1 Å². The van der Waals surface area contributed by atoms with Crippen molar-refractivity contribution >= 4 is 17.6 Å². The highest BCUT2D eigenvalue weighted by molar-refractivity contribution is 5.90. The molecule has 0 aliphatic carbocycles. The highest BCUT2D eigenvalue weighted by Crippen LogP contribution is 2.25. The van der Waals surface area contributed by atoms with E-state index in [0.717, 1.165) is 30.9 Å². The predicted molar refractivity (Wildman–Crippen MR) is 95.0 cm³/mol. The molecule has 0 heterocycles. The molecule has 1 aromatic carbocycles. The lowest BCUT2D eigenvalue weighted by molar-refractivity contribution is -0.114. The van der Waals surface area contributed by atoms with Gasteiger partial charge >= 0.3 is 0 Å². The number of aliphatic imine (C=N–C) groups is 1. The number of hydrogen-bond donors (Lipinski definition) is 2. The van der Waals surface area contributed by atoms with E-state index in [0.29, 0.717) is 18.0 Å². The van der Waals surface area contributed by atoms with Crippen LogP contribution in [0.15, 0.2) is 23.2 Å². The van der Waals surface area contributed by atoms with Crippen LogP contribution in [-0.4, -0.2) is 44.5 Å². The maximum Gasteiger partial charge on any atom is 0.221 e. The Kier molecular flexibility index (Phi) is 7.94. The molecule has 128 valence electrons. The normalized spacial score (nSPS) is 11.1. The molecular formula is C17H28N4O2. The van der Waals surface area contributed by atoms with E-state index in [4.69, 9.17) is 4.74 Å². The van der Waals surface area contributed by atoms with Crippen molar-refractivity contribution in [2.24, 2.45) is 4.99 Å². The molecular weight excluding hydrogens is 292 g/mol. The summed E-state index contributed by atoms with van der Waals surface area (Å²) in [4.78, 5) is 17.7. The van der Waals surface area contributed by atoms with Gasteiger partial charge in [0.1, 0.15) is 5.75 Å². The molecule has 0 aliphatic rings. The lowest BCUT2D eigenvalue weighted by atomic mass is 10.2. The van der Waals surface area contributed by atoms with Crippen LogP contribution >= 0.6 is 0 Å². The standard InChI is InChI=1S/C17H28N4O2/c1-6-7-10-21(4)17(18-3)19-12-14-8-9-16(23-5)15(11-14)20-13(2)22/h8-9,11H,6-7,10,12H2,1-5H3,(H,18,19)(H,20,22). The number of methoxy groups -OCH3 is 1. The van der Waals surface area contributed by atoms with Crippen LogP contribution in [0.1, 0.15) is 32.3 Å². The summed E-state index contributed by atoms with van der Waals surface area (Å²) in [5.74, 6) is 1.38. The van der Waals surface area contributed by atoms with Crippen molar-refractivity contribution in [1.82, 2.24) is 10.2 Å². The number of anilines is 1. The van der Waals surface area contributed by atoms with E-state index in [1.165, 1.54) is 6.92 Å². The summed E-state index contributed by atoms with van der Waals surface area (Å²) >= 11 is 0. The fourth-order valence-corrected chi connectivity index (χ4v) is 2.22. The highest BCUT2D eigenvalue weighted by atomic mass is 16.5. The molecule has 1 amide bonds. The number of carbonyl (C=O) groups excluding carboxylic acids is 1. The van der Waals surface area contributed by atoms with E-state index in [1.807, 2.05) is 25.2 Å². The topological polar surface area (TPSA) is 66.0 Å². The number of benzene rings is 1. The molecule has 0 aliphatic heterocycles. The number of nitrogens with one attached hydrogen (secondary N) is 2. The van der Waals surface area contributed by atoms with Gasteiger partial charge in [0.15, 0.2) is 5.96 Å². The van der Waals surface area contributed by atoms with Gasteiger partial charge in [0.25, 0.3) is 0 Å². The van der Waals surface area contributed by atoms with Crippen LogP contribution in [0.25, 0.3) is 0 Å². The number of ether oxygens (including phenoxy) is 1. The molecule has 6 nitrogen and oxygen atoms in total. The second-order valence-corrected chi connectivity index (χ2v) is 5.39. The van der Waals surface area contributed by atoms with Crippen LogP contribution in [0.4, 0.5) is 5.69 Å². The van der Waals surface area contributed by atoms with Gasteiger partial charge in [-0.25, -0.2) is 0 Å². The number of unbranched alkanes of at least 4 members (excludes halogenated alkanes) is 1. The van der Waals surface area contributed by atoms with Crippen molar-refractivity contribution in [3.63, 3.8) is 0 Å². The molecule has 0 saturated carbocycles. The third-order valence-corrected chi connectivity index (χ3v) is 3.45. The van der Waals surface area contributed by atoms with Crippen LogP contribution in [0.3, 0.4) is 0 Å². The molecule has 0 atom stereocenters. The van der Waals surface area contributed by atoms with Gasteiger partial charge in [-0.15, -0.1) is 0 Å². The Morgan fingerprint density at radius 1 is 1.39 bits per heavy atom. The zero-order chi connectivity index (χ0) is 17.2. The predicted octanol–water partition coefficient (Wildman–Crippen LogP) is 2.46. The molecule has 6 heteroatoms. The molecule has 0 fully saturated rings. The third kappa shape index (κ3) is 6.18. The number of amides is 1. The first-order valence-corrected chi connectivity index (χ1v) is 7.88. The summed E-state index contributed by atoms with van der Waals surface area (Å²) in [6, 6.07) is 5.73. The molecule has 1 aromatic rings. The maximum absolute atomic E-state index is 11.3. The smallest absolute Gasteiger partial charge is 0.221 e. The van der Waals surface area contributed by atoms with E-state index < -0.39 is 0 Å². The summed E-state index contributed by atoms with van der Waals surface area (Å²) in [5, 5.41) is 6.12. The molecule has 0 aromatic heterocycles. The minimum absolute atomic E-state index is 0.122. The second kappa shape index (κ2) is 9.71. The first kappa shape index (κ1) is 18.8. The van der Waals surface area contributed by atoms with Crippen LogP contribution in [0.5, 0.6) is 5.75 Å². The third-order valence-electron chi connectivity index (χ3n) is 3.45. The lowest BCUT2D eigenvalue weighted by Crippen LogP contribution is -2.38. The summed E-state index contributed by atoms with van der Waals surface area (Å²) in [6.45, 7) is 5.25. The van der Waals surface area contributed by atoms with Gasteiger partial charge in [0.2, 0.25) is 5.91 Å². The first-order chi connectivity index (χ1) is 11.0. The average Bonchev–Trinajstić information content (AvgIpc) is 2.53. The number of rotatable bonds is 7. The van der Waals surface area contributed by atoms with E-state index in [2.05, 4.69) is 27.4 Å². The van der Waals surface area contributed by atoms with Crippen molar-refractivity contribution in [1.29, 1.82) is 0 Å². The summed E-state index contributed by atoms with van der Waals surface area (Å²) < 4.78 is 5.26. The minimum Gasteiger partial charge on any atom is -0.495 e. The van der Waals surface area contributed by atoms with Crippen molar-refractivity contribution in [3.05, 3.63) is 23.8 Å². The number of guanidine groups is 1. The van der Waals surface area contributed by atoms with Crippen LogP contribution in [0.2, 0.25) is 0 Å². The quantitative estimate of drug-likeness (QED) is 0.598. The molecule has 0 saturated heterocycles. The van der Waals surface area contributed by atoms with Crippen molar-refractivity contribution in [3.8, 4) is 5.75 Å². The number of carbonyl (C=O) groups is 1. The van der Waals surface area contributed by atoms with Gasteiger partial charge in [-0.3, -0.25) is 9.79 Å². The van der Waals surface area contributed by atoms with Gasteiger partial charge in [0.05, 0.1) is 12.8 Å². The molecule has 0 spiro atoms. The Morgan fingerprint density at radius 3 is 2.70 bits per heavy atom. The summed E-state index contributed by atoms with van der Waals surface area (Å²) in [7, 11) is 5.40. The highest BCUT2D eigenvalue weighted by Gasteiger charge is 2.08. The van der Waals surface area contributed by atoms with Crippen LogP contribution in [0, 0.1) is 0 Å². The Hall–Kier alpha value is -2.24. The van der Waals surface area contributed by atoms with Crippen LogP contribution in [-0.2, 0) is 11.3 Å². The average molecular weight is 320 g/mol. The number of hydrogen-bond acceptors (Lipinski definition) is 3. The van der Waals surface area contributed by atoms with E-state index in [9.17, 15) is 4.79 Å². The van der Waals surface area contributed by atoms with Gasteiger partial charge < -0.3 is 20.3 Å². The monoisotopic (exact) mass is 320 g/mol. The molecule has 1 rings (SSSR count). The Balaban J connectivity index is 2.74. The zero-order valence-corrected chi connectivity index (χ0v) is 14.8. The molecule has 2 N–H and O–H groups in total. The maximum atomic E-state index is 11.3. The zero-order valence-electron chi connectivity index (χ0n) is 14.8. The molecule has 23 heavy (non-hydrogen) atoms. The van der Waals surface area contributed by atoms with E-state index >= 15 is 0 Å². The SMILES string of the molecule is CCCCN(C)C(=NC)NCc1ccc(OC)c(NC(C)=O)c1. The summed E-state index contributed by atoms with van der Waals surface area (Å²) in [5.41, 5.74) is 1.72. The Bertz CT molecular complexity index is 543. The second-order valence-electron chi connectivity index (χ2n) is 5.39. The Labute approximate surface area is 138 Å². The summed E-state index contributed by atoms with van der Waals surface area (Å²) in [6.07, 6.45) is 2.28. The fraction of sp³-hybridized carbons (Fsp3) is 0.529. The van der Waals surface area contributed by atoms with Gasteiger partial charge in [-0.1, -0.05) is 19.4 Å². The van der Waals surface area contributed by atoms with Crippen LogP contribution < -0.4 is 15.4 Å². The van der Waals surface area contributed by atoms with E-state index in [-0.39, 0.29) is 5.91 Å². The molecule has 0 radical (unpaired) electrons. The van der Waals surface area contributed by atoms with Gasteiger partial charge in [-0.2, -0.15) is 0 Å². The van der Waals surface area contributed by atoms with Gasteiger partial charge in [-0.05, 0) is 24.1 Å². The molecule has 0 bridgehead atoms. The van der Waals surface area contributed by atoms with E-state index in [1.54, 1.807) is 14.2 Å². The first-order valence-electron chi connectivity index (χ1n) is 7.88.